The smallest absolute Gasteiger partial charge is 0.239 e. The molecule has 0 aromatic heterocycles. The number of benzene rings is 1. The first kappa shape index (κ1) is 24.5. The van der Waals surface area contributed by atoms with Gasteiger partial charge in [0.05, 0.1) is 18.7 Å². The van der Waals surface area contributed by atoms with Crippen molar-refractivity contribution in [3.63, 3.8) is 0 Å². The van der Waals surface area contributed by atoms with E-state index in [1.54, 1.807) is 17.0 Å². The minimum atomic E-state index is -0.239. The molecule has 2 aliphatic rings. The number of halogens is 1. The number of nitrogens with one attached hydrogen (secondary N) is 1. The van der Waals surface area contributed by atoms with Crippen molar-refractivity contribution < 1.29 is 13.9 Å². The van der Waals surface area contributed by atoms with Gasteiger partial charge in [0, 0.05) is 40.3 Å². The van der Waals surface area contributed by atoms with E-state index >= 15 is 0 Å². The van der Waals surface area contributed by atoms with Crippen LogP contribution in [0.5, 0.6) is 0 Å². The summed E-state index contributed by atoms with van der Waals surface area (Å²) in [7, 11) is 3.66. The van der Waals surface area contributed by atoms with Gasteiger partial charge in [0.25, 0.3) is 0 Å². The van der Waals surface area contributed by atoms with Crippen LogP contribution in [0.3, 0.4) is 0 Å². The van der Waals surface area contributed by atoms with E-state index in [2.05, 4.69) is 29.0 Å². The van der Waals surface area contributed by atoms with E-state index in [9.17, 15) is 9.18 Å². The summed E-state index contributed by atoms with van der Waals surface area (Å²) in [4.78, 5) is 23.5. The molecule has 0 spiro atoms. The standard InChI is InChI=1S/C24H38FN5O2/c1-5-26-24(27-13-7-15-29-14-6-8-21(29)23(31)28(3)4)30-16-18(2)32-22(17-30)19-9-11-20(25)12-10-19/h9-12,18,21-22H,5-8,13-17H2,1-4H3,(H,26,27). The van der Waals surface area contributed by atoms with Gasteiger partial charge in [0.15, 0.2) is 5.96 Å². The molecule has 178 valence electrons. The van der Waals surface area contributed by atoms with Crippen LogP contribution >= 0.6 is 0 Å². The molecule has 1 amide bonds. The zero-order chi connectivity index (χ0) is 23.1. The fourth-order valence-electron chi connectivity index (χ4n) is 4.54. The lowest BCUT2D eigenvalue weighted by molar-refractivity contribution is -0.133. The summed E-state index contributed by atoms with van der Waals surface area (Å²) in [5.74, 6) is 0.850. The van der Waals surface area contributed by atoms with Gasteiger partial charge in [-0.15, -0.1) is 0 Å². The van der Waals surface area contributed by atoms with Gasteiger partial charge < -0.3 is 19.9 Å². The first-order chi connectivity index (χ1) is 15.4. The van der Waals surface area contributed by atoms with Crippen LogP contribution in [0.1, 0.15) is 44.8 Å². The van der Waals surface area contributed by atoms with Crippen LogP contribution in [-0.2, 0) is 9.53 Å². The van der Waals surface area contributed by atoms with E-state index in [0.717, 1.165) is 57.0 Å². The Morgan fingerprint density at radius 1 is 1.28 bits per heavy atom. The zero-order valence-electron chi connectivity index (χ0n) is 19.9. The molecule has 3 rings (SSSR count). The number of aliphatic imine (C=N–C) groups is 1. The van der Waals surface area contributed by atoms with Crippen molar-refractivity contribution in [2.24, 2.45) is 4.99 Å². The number of amides is 1. The molecule has 2 aliphatic heterocycles. The Morgan fingerprint density at radius 3 is 2.72 bits per heavy atom. The molecule has 0 aliphatic carbocycles. The third kappa shape index (κ3) is 6.42. The molecular formula is C24H38FN5O2. The van der Waals surface area contributed by atoms with Crippen molar-refractivity contribution in [1.82, 2.24) is 20.0 Å². The van der Waals surface area contributed by atoms with E-state index in [0.29, 0.717) is 13.1 Å². The number of ether oxygens (including phenoxy) is 1. The van der Waals surface area contributed by atoms with Crippen molar-refractivity contribution in [3.8, 4) is 0 Å². The fourth-order valence-corrected chi connectivity index (χ4v) is 4.54. The second kappa shape index (κ2) is 11.6. The van der Waals surface area contributed by atoms with Crippen LogP contribution in [0.4, 0.5) is 4.39 Å². The van der Waals surface area contributed by atoms with E-state index < -0.39 is 0 Å². The quantitative estimate of drug-likeness (QED) is 0.395. The highest BCUT2D eigenvalue weighted by atomic mass is 19.1. The normalized spacial score (nSPS) is 24.6. The summed E-state index contributed by atoms with van der Waals surface area (Å²) in [6.45, 7) is 8.91. The summed E-state index contributed by atoms with van der Waals surface area (Å²) < 4.78 is 19.5. The summed E-state index contributed by atoms with van der Waals surface area (Å²) in [6.07, 6.45) is 2.86. The van der Waals surface area contributed by atoms with E-state index in [1.807, 2.05) is 14.1 Å². The number of likely N-dealkylation sites (tertiary alicyclic amines) is 1. The minimum absolute atomic E-state index is 0.0128. The monoisotopic (exact) mass is 447 g/mol. The van der Waals surface area contributed by atoms with E-state index in [4.69, 9.17) is 9.73 Å². The highest BCUT2D eigenvalue weighted by molar-refractivity contribution is 5.81. The number of hydrogen-bond donors (Lipinski definition) is 1. The SMILES string of the molecule is CCNC(=NCCCN1CCCC1C(=O)N(C)C)N1CC(C)OC(c2ccc(F)cc2)C1. The molecular weight excluding hydrogens is 409 g/mol. The molecule has 2 saturated heterocycles. The largest absolute Gasteiger partial charge is 0.367 e. The van der Waals surface area contributed by atoms with Crippen molar-refractivity contribution in [3.05, 3.63) is 35.6 Å². The van der Waals surface area contributed by atoms with Crippen molar-refractivity contribution >= 4 is 11.9 Å². The number of carbonyl (C=O) groups excluding carboxylic acids is 1. The number of rotatable bonds is 7. The van der Waals surface area contributed by atoms with Crippen LogP contribution in [0.2, 0.25) is 0 Å². The first-order valence-electron chi connectivity index (χ1n) is 11.8. The Morgan fingerprint density at radius 2 is 2.03 bits per heavy atom. The molecule has 1 aromatic rings. The lowest BCUT2D eigenvalue weighted by atomic mass is 10.1. The number of nitrogens with zero attached hydrogens (tertiary/aromatic N) is 4. The zero-order valence-corrected chi connectivity index (χ0v) is 19.9. The maximum Gasteiger partial charge on any atom is 0.239 e. The maximum atomic E-state index is 13.3. The molecule has 7 nitrogen and oxygen atoms in total. The number of morpholine rings is 1. The van der Waals surface area contributed by atoms with E-state index in [1.165, 1.54) is 12.1 Å². The molecule has 0 bridgehead atoms. The Kier molecular flexibility index (Phi) is 8.87. The fraction of sp³-hybridized carbons (Fsp3) is 0.667. The number of carbonyl (C=O) groups is 1. The predicted octanol–water partition coefficient (Wildman–Crippen LogP) is 2.50. The molecule has 2 heterocycles. The van der Waals surface area contributed by atoms with Crippen molar-refractivity contribution in [2.75, 3.05) is 53.4 Å². The Labute approximate surface area is 191 Å². The van der Waals surface area contributed by atoms with E-state index in [-0.39, 0.29) is 30.0 Å². The summed E-state index contributed by atoms with van der Waals surface area (Å²) in [6, 6.07) is 6.56. The van der Waals surface area contributed by atoms with Gasteiger partial charge in [-0.3, -0.25) is 14.7 Å². The number of likely N-dealkylation sites (N-methyl/N-ethyl adjacent to an activating group) is 1. The Bertz CT molecular complexity index is 770. The van der Waals surface area contributed by atoms with Gasteiger partial charge in [-0.05, 0) is 57.4 Å². The number of hydrogen-bond acceptors (Lipinski definition) is 4. The van der Waals surface area contributed by atoms with Crippen LogP contribution in [0, 0.1) is 5.82 Å². The molecule has 2 fully saturated rings. The van der Waals surface area contributed by atoms with Crippen LogP contribution < -0.4 is 5.32 Å². The van der Waals surface area contributed by atoms with Crippen LogP contribution in [0.15, 0.2) is 29.3 Å². The second-order valence-corrected chi connectivity index (χ2v) is 8.91. The summed E-state index contributed by atoms with van der Waals surface area (Å²) in [5.41, 5.74) is 0.976. The molecule has 0 saturated carbocycles. The third-order valence-electron chi connectivity index (χ3n) is 6.09. The van der Waals surface area contributed by atoms with Gasteiger partial charge in [0.2, 0.25) is 5.91 Å². The molecule has 1 aromatic carbocycles. The molecule has 3 atom stereocenters. The minimum Gasteiger partial charge on any atom is -0.367 e. The highest BCUT2D eigenvalue weighted by Crippen LogP contribution is 2.25. The summed E-state index contributed by atoms with van der Waals surface area (Å²) in [5, 5.41) is 3.41. The molecule has 32 heavy (non-hydrogen) atoms. The van der Waals surface area contributed by atoms with Gasteiger partial charge >= 0.3 is 0 Å². The lowest BCUT2D eigenvalue weighted by Gasteiger charge is -2.38. The van der Waals surface area contributed by atoms with Crippen molar-refractivity contribution in [1.29, 1.82) is 0 Å². The summed E-state index contributed by atoms with van der Waals surface area (Å²) >= 11 is 0. The average molecular weight is 448 g/mol. The Hall–Kier alpha value is -2.19. The lowest BCUT2D eigenvalue weighted by Crippen LogP contribution is -2.50. The Balaban J connectivity index is 1.58. The average Bonchev–Trinajstić information content (AvgIpc) is 3.23. The van der Waals surface area contributed by atoms with Crippen LogP contribution in [0.25, 0.3) is 0 Å². The predicted molar refractivity (Wildman–Crippen MR) is 125 cm³/mol. The second-order valence-electron chi connectivity index (χ2n) is 8.91. The first-order valence-corrected chi connectivity index (χ1v) is 11.8. The van der Waals surface area contributed by atoms with Gasteiger partial charge in [-0.2, -0.15) is 0 Å². The maximum absolute atomic E-state index is 13.3. The van der Waals surface area contributed by atoms with Crippen LogP contribution in [-0.4, -0.2) is 92.1 Å². The van der Waals surface area contributed by atoms with Gasteiger partial charge in [-0.1, -0.05) is 12.1 Å². The van der Waals surface area contributed by atoms with Gasteiger partial charge in [0.1, 0.15) is 11.9 Å². The third-order valence-corrected chi connectivity index (χ3v) is 6.09. The number of guanidine groups is 1. The molecule has 1 N–H and O–H groups in total. The molecule has 3 unspecified atom stereocenters. The van der Waals surface area contributed by atoms with Gasteiger partial charge in [-0.25, -0.2) is 4.39 Å². The molecule has 8 heteroatoms. The molecule has 0 radical (unpaired) electrons. The highest BCUT2D eigenvalue weighted by Gasteiger charge is 2.31. The van der Waals surface area contributed by atoms with Crippen molar-refractivity contribution in [2.45, 2.75) is 51.4 Å². The topological polar surface area (TPSA) is 60.4 Å².